The number of aliphatic hydroxyl groups excluding tert-OH is 1. The number of nitro benzene ring substituents is 1. The van der Waals surface area contributed by atoms with E-state index < -0.39 is 28.4 Å². The van der Waals surface area contributed by atoms with E-state index in [9.17, 15) is 24.4 Å². The fourth-order valence-electron chi connectivity index (χ4n) is 2.65. The van der Waals surface area contributed by atoms with Gasteiger partial charge in [0.05, 0.1) is 11.0 Å². The summed E-state index contributed by atoms with van der Waals surface area (Å²) in [6.07, 6.45) is 3.27. The van der Waals surface area contributed by atoms with Crippen LogP contribution in [0.5, 0.6) is 0 Å². The molecule has 1 aromatic carbocycles. The summed E-state index contributed by atoms with van der Waals surface area (Å²) in [5, 5.41) is 23.2. The monoisotopic (exact) mass is 296 g/mol. The van der Waals surface area contributed by atoms with E-state index in [1.807, 2.05) is 0 Å². The summed E-state index contributed by atoms with van der Waals surface area (Å²) in [7, 11) is 0. The van der Waals surface area contributed by atoms with Gasteiger partial charge in [-0.3, -0.25) is 14.9 Å². The zero-order valence-electron chi connectivity index (χ0n) is 11.4. The van der Waals surface area contributed by atoms with E-state index in [4.69, 9.17) is 0 Å². The number of halogens is 1. The van der Waals surface area contributed by atoms with Gasteiger partial charge in [-0.1, -0.05) is 12.8 Å². The molecule has 0 saturated heterocycles. The first-order valence-corrected chi connectivity index (χ1v) is 6.89. The van der Waals surface area contributed by atoms with Crippen molar-refractivity contribution in [3.8, 4) is 0 Å². The maximum absolute atomic E-state index is 13.2. The zero-order valence-corrected chi connectivity index (χ0v) is 11.4. The fraction of sp³-hybridized carbons (Fsp3) is 0.500. The Morgan fingerprint density at radius 3 is 2.76 bits per heavy atom. The molecular weight excluding hydrogens is 279 g/mol. The highest BCUT2D eigenvalue weighted by Gasteiger charge is 2.25. The Kier molecular flexibility index (Phi) is 4.85. The number of carbonyl (C=O) groups is 1. The molecule has 0 heterocycles. The van der Waals surface area contributed by atoms with Gasteiger partial charge in [0.15, 0.2) is 0 Å². The zero-order chi connectivity index (χ0) is 15.4. The standard InChI is InChI=1S/C14H17FN2O4/c15-10-5-6-12(17(20)21)11(7-10)14(19)16-8-13(18)9-3-1-2-4-9/h5-7,9,13,18H,1-4,8H2,(H,16,19). The fourth-order valence-corrected chi connectivity index (χ4v) is 2.65. The highest BCUT2D eigenvalue weighted by atomic mass is 19.1. The van der Waals surface area contributed by atoms with E-state index in [0.717, 1.165) is 43.9 Å². The van der Waals surface area contributed by atoms with Gasteiger partial charge in [0.25, 0.3) is 11.6 Å². The molecule has 1 atom stereocenters. The molecule has 1 aromatic rings. The van der Waals surface area contributed by atoms with E-state index in [2.05, 4.69) is 5.32 Å². The van der Waals surface area contributed by atoms with Gasteiger partial charge in [0, 0.05) is 12.6 Å². The lowest BCUT2D eigenvalue weighted by Gasteiger charge is -2.18. The number of amides is 1. The molecule has 0 aliphatic heterocycles. The number of rotatable bonds is 5. The smallest absolute Gasteiger partial charge is 0.282 e. The van der Waals surface area contributed by atoms with Crippen LogP contribution in [0.15, 0.2) is 18.2 Å². The Hall–Kier alpha value is -2.02. The molecule has 1 amide bonds. The van der Waals surface area contributed by atoms with Crippen molar-refractivity contribution in [2.24, 2.45) is 5.92 Å². The Balaban J connectivity index is 2.02. The molecule has 0 spiro atoms. The van der Waals surface area contributed by atoms with Crippen molar-refractivity contribution in [3.63, 3.8) is 0 Å². The van der Waals surface area contributed by atoms with E-state index in [0.29, 0.717) is 0 Å². The topological polar surface area (TPSA) is 92.5 Å². The van der Waals surface area contributed by atoms with Gasteiger partial charge in [-0.25, -0.2) is 4.39 Å². The number of carbonyl (C=O) groups excluding carboxylic acids is 1. The Bertz CT molecular complexity index is 544. The van der Waals surface area contributed by atoms with Crippen LogP contribution in [0.25, 0.3) is 0 Å². The minimum absolute atomic E-state index is 0.0111. The van der Waals surface area contributed by atoms with E-state index in [1.165, 1.54) is 0 Å². The molecule has 1 fully saturated rings. The molecule has 0 bridgehead atoms. The van der Waals surface area contributed by atoms with Crippen LogP contribution in [0.3, 0.4) is 0 Å². The second kappa shape index (κ2) is 6.62. The number of hydrogen-bond acceptors (Lipinski definition) is 4. The van der Waals surface area contributed by atoms with Crippen LogP contribution in [0.2, 0.25) is 0 Å². The van der Waals surface area contributed by atoms with Crippen LogP contribution in [-0.4, -0.2) is 28.6 Å². The molecule has 2 rings (SSSR count). The summed E-state index contributed by atoms with van der Waals surface area (Å²) in [5.74, 6) is -1.33. The minimum atomic E-state index is -0.752. The van der Waals surface area contributed by atoms with Crippen LogP contribution >= 0.6 is 0 Å². The number of aliphatic hydroxyl groups is 1. The number of nitrogens with zero attached hydrogens (tertiary/aromatic N) is 1. The summed E-state index contributed by atoms with van der Waals surface area (Å²) < 4.78 is 13.2. The second-order valence-electron chi connectivity index (χ2n) is 5.24. The lowest BCUT2D eigenvalue weighted by Crippen LogP contribution is -2.35. The lowest BCUT2D eigenvalue weighted by atomic mass is 10.0. The van der Waals surface area contributed by atoms with Crippen LogP contribution in [0.4, 0.5) is 10.1 Å². The number of hydrogen-bond donors (Lipinski definition) is 2. The number of nitrogens with one attached hydrogen (secondary N) is 1. The van der Waals surface area contributed by atoms with Gasteiger partial charge in [0.1, 0.15) is 11.4 Å². The van der Waals surface area contributed by atoms with Crippen LogP contribution < -0.4 is 5.32 Å². The lowest BCUT2D eigenvalue weighted by molar-refractivity contribution is -0.385. The number of nitro groups is 1. The van der Waals surface area contributed by atoms with E-state index in [-0.39, 0.29) is 18.0 Å². The number of benzene rings is 1. The summed E-state index contributed by atoms with van der Waals surface area (Å²) in [6, 6.07) is 2.72. The molecule has 1 saturated carbocycles. The third kappa shape index (κ3) is 3.75. The quantitative estimate of drug-likeness (QED) is 0.642. The Labute approximate surface area is 121 Å². The van der Waals surface area contributed by atoms with Crippen molar-refractivity contribution in [1.29, 1.82) is 0 Å². The minimum Gasteiger partial charge on any atom is -0.391 e. The Morgan fingerprint density at radius 1 is 1.48 bits per heavy atom. The van der Waals surface area contributed by atoms with Crippen LogP contribution in [0.1, 0.15) is 36.0 Å². The van der Waals surface area contributed by atoms with E-state index in [1.54, 1.807) is 0 Å². The molecule has 1 aliphatic rings. The van der Waals surface area contributed by atoms with Crippen LogP contribution in [-0.2, 0) is 0 Å². The van der Waals surface area contributed by atoms with Crippen LogP contribution in [0, 0.1) is 21.8 Å². The van der Waals surface area contributed by atoms with Crippen molar-refractivity contribution in [2.75, 3.05) is 6.54 Å². The largest absolute Gasteiger partial charge is 0.391 e. The first-order chi connectivity index (χ1) is 9.99. The first-order valence-electron chi connectivity index (χ1n) is 6.89. The van der Waals surface area contributed by atoms with Gasteiger partial charge in [-0.05, 0) is 30.9 Å². The van der Waals surface area contributed by atoms with Gasteiger partial charge in [-0.15, -0.1) is 0 Å². The molecule has 21 heavy (non-hydrogen) atoms. The summed E-state index contributed by atoms with van der Waals surface area (Å²) in [5.41, 5.74) is -0.789. The average Bonchev–Trinajstić information content (AvgIpc) is 2.98. The van der Waals surface area contributed by atoms with Crippen molar-refractivity contribution >= 4 is 11.6 Å². The molecule has 2 N–H and O–H groups in total. The average molecular weight is 296 g/mol. The van der Waals surface area contributed by atoms with Crippen molar-refractivity contribution in [1.82, 2.24) is 5.32 Å². The molecule has 0 aromatic heterocycles. The third-order valence-electron chi connectivity index (χ3n) is 3.82. The second-order valence-corrected chi connectivity index (χ2v) is 5.24. The highest BCUT2D eigenvalue weighted by Crippen LogP contribution is 2.27. The van der Waals surface area contributed by atoms with Gasteiger partial charge in [-0.2, -0.15) is 0 Å². The molecule has 6 nitrogen and oxygen atoms in total. The molecule has 1 unspecified atom stereocenters. The highest BCUT2D eigenvalue weighted by molar-refractivity contribution is 5.98. The molecule has 114 valence electrons. The predicted octanol–water partition coefficient (Wildman–Crippen LogP) is 2.01. The SMILES string of the molecule is O=C(NCC(O)C1CCCC1)c1cc(F)ccc1[N+](=O)[O-]. The summed E-state index contributed by atoms with van der Waals surface area (Å²) >= 11 is 0. The summed E-state index contributed by atoms with van der Waals surface area (Å²) in [4.78, 5) is 22.1. The molecule has 1 aliphatic carbocycles. The molecule has 0 radical (unpaired) electrons. The van der Waals surface area contributed by atoms with Crippen molar-refractivity contribution < 1.29 is 19.2 Å². The molecular formula is C14H17FN2O4. The van der Waals surface area contributed by atoms with E-state index >= 15 is 0 Å². The predicted molar refractivity (Wildman–Crippen MR) is 73.4 cm³/mol. The van der Waals surface area contributed by atoms with Crippen molar-refractivity contribution in [2.45, 2.75) is 31.8 Å². The first kappa shape index (κ1) is 15.4. The van der Waals surface area contributed by atoms with Crippen molar-refractivity contribution in [3.05, 3.63) is 39.7 Å². The van der Waals surface area contributed by atoms with Gasteiger partial charge in [0.2, 0.25) is 0 Å². The molecule has 7 heteroatoms. The van der Waals surface area contributed by atoms with Gasteiger partial charge >= 0.3 is 0 Å². The maximum atomic E-state index is 13.2. The van der Waals surface area contributed by atoms with Gasteiger partial charge < -0.3 is 10.4 Å². The summed E-state index contributed by atoms with van der Waals surface area (Å²) in [6.45, 7) is 0.0111. The normalized spacial score (nSPS) is 16.7. The Morgan fingerprint density at radius 2 is 2.14 bits per heavy atom. The third-order valence-corrected chi connectivity index (χ3v) is 3.82. The maximum Gasteiger partial charge on any atom is 0.282 e.